The Kier molecular flexibility index (Phi) is 4.01. The molecule has 0 radical (unpaired) electrons. The van der Waals surface area contributed by atoms with Gasteiger partial charge in [-0.2, -0.15) is 13.8 Å². The minimum absolute atomic E-state index is 0.0499. The van der Waals surface area contributed by atoms with E-state index in [0.717, 1.165) is 29.5 Å². The molecule has 2 aromatic heterocycles. The molecule has 3 aromatic rings. The van der Waals surface area contributed by atoms with E-state index < -0.39 is 0 Å². The fourth-order valence-corrected chi connectivity index (χ4v) is 3.25. The first-order chi connectivity index (χ1) is 10.1. The van der Waals surface area contributed by atoms with Crippen molar-refractivity contribution in [2.75, 3.05) is 5.32 Å². The average molecular weight is 342 g/mol. The van der Waals surface area contributed by atoms with Crippen molar-refractivity contribution in [3.05, 3.63) is 34.1 Å². The molecule has 2 heterocycles. The van der Waals surface area contributed by atoms with Crippen LogP contribution in [-0.2, 0) is 6.54 Å². The van der Waals surface area contributed by atoms with Gasteiger partial charge in [0, 0.05) is 18.3 Å². The summed E-state index contributed by atoms with van der Waals surface area (Å²) in [6, 6.07) is 1.74. The number of anilines is 1. The summed E-state index contributed by atoms with van der Waals surface area (Å²) in [5.41, 5.74) is 3.21. The summed E-state index contributed by atoms with van der Waals surface area (Å²) < 4.78 is 10.4. The highest BCUT2D eigenvalue weighted by molar-refractivity contribution is 7.00. The van der Waals surface area contributed by atoms with E-state index in [2.05, 4.69) is 26.1 Å². The molecule has 0 fully saturated rings. The Morgan fingerprint density at radius 2 is 2.05 bits per heavy atom. The summed E-state index contributed by atoms with van der Waals surface area (Å²) in [5, 5.41) is 8.71. The van der Waals surface area contributed by atoms with Crippen molar-refractivity contribution in [3.8, 4) is 0 Å². The lowest BCUT2D eigenvalue weighted by Crippen LogP contribution is -2.07. The molecule has 1 unspecified atom stereocenters. The van der Waals surface area contributed by atoms with Crippen molar-refractivity contribution in [2.45, 2.75) is 26.4 Å². The third-order valence-electron chi connectivity index (χ3n) is 3.28. The number of aryl methyl sites for hydroxylation is 1. The minimum atomic E-state index is 0.0499. The first-order valence-electron chi connectivity index (χ1n) is 6.49. The van der Waals surface area contributed by atoms with Gasteiger partial charge in [0.05, 0.1) is 39.7 Å². The zero-order valence-corrected chi connectivity index (χ0v) is 13.8. The Balaban J connectivity index is 1.96. The smallest absolute Gasteiger partial charge is 0.130 e. The number of aromatic nitrogens is 4. The summed E-state index contributed by atoms with van der Waals surface area (Å²) in [6.07, 6.45) is 3.86. The van der Waals surface area contributed by atoms with E-state index in [4.69, 9.17) is 23.2 Å². The Morgan fingerprint density at radius 3 is 2.76 bits per heavy atom. The van der Waals surface area contributed by atoms with Crippen molar-refractivity contribution in [1.82, 2.24) is 18.5 Å². The van der Waals surface area contributed by atoms with E-state index in [1.54, 1.807) is 6.07 Å². The van der Waals surface area contributed by atoms with Gasteiger partial charge in [0.25, 0.3) is 0 Å². The molecule has 1 aromatic carbocycles. The number of rotatable bonds is 4. The normalized spacial score (nSPS) is 12.8. The minimum Gasteiger partial charge on any atom is -0.375 e. The molecule has 1 N–H and O–H groups in total. The van der Waals surface area contributed by atoms with Crippen LogP contribution >= 0.6 is 34.9 Å². The number of fused-ring (bicyclic) bond motifs is 1. The Bertz CT molecular complexity index is 782. The lowest BCUT2D eigenvalue weighted by molar-refractivity contribution is 0.658. The quantitative estimate of drug-likeness (QED) is 0.764. The summed E-state index contributed by atoms with van der Waals surface area (Å²) in [5.74, 6) is 0. The maximum atomic E-state index is 6.30. The number of nitrogens with one attached hydrogen (secondary N) is 1. The zero-order valence-electron chi connectivity index (χ0n) is 11.5. The van der Waals surface area contributed by atoms with E-state index in [1.807, 2.05) is 24.0 Å². The second-order valence-electron chi connectivity index (χ2n) is 4.67. The summed E-state index contributed by atoms with van der Waals surface area (Å²) >= 11 is 13.5. The van der Waals surface area contributed by atoms with Crippen LogP contribution in [0.25, 0.3) is 11.0 Å². The standard InChI is InChI=1S/C13H13Cl2N5S/c1-3-20-6-8(5-16-20)7(2)17-11-9(14)4-10(15)12-13(11)19-21-18-12/h4-7,17H,3H2,1-2H3. The van der Waals surface area contributed by atoms with Crippen LogP contribution < -0.4 is 5.32 Å². The molecular weight excluding hydrogens is 329 g/mol. The van der Waals surface area contributed by atoms with Gasteiger partial charge in [0.2, 0.25) is 0 Å². The highest BCUT2D eigenvalue weighted by Gasteiger charge is 2.17. The summed E-state index contributed by atoms with van der Waals surface area (Å²) in [6.45, 7) is 4.94. The molecule has 0 amide bonds. The molecule has 8 heteroatoms. The number of hydrogen-bond donors (Lipinski definition) is 1. The molecule has 5 nitrogen and oxygen atoms in total. The van der Waals surface area contributed by atoms with Crippen LogP contribution in [0.4, 0.5) is 5.69 Å². The van der Waals surface area contributed by atoms with Gasteiger partial charge in [-0.25, -0.2) is 0 Å². The van der Waals surface area contributed by atoms with Gasteiger partial charge in [0.15, 0.2) is 0 Å². The fourth-order valence-electron chi connectivity index (χ4n) is 2.09. The molecule has 0 spiro atoms. The van der Waals surface area contributed by atoms with Gasteiger partial charge in [-0.1, -0.05) is 23.2 Å². The van der Waals surface area contributed by atoms with Gasteiger partial charge >= 0.3 is 0 Å². The van der Waals surface area contributed by atoms with Gasteiger partial charge in [-0.15, -0.1) is 0 Å². The first-order valence-corrected chi connectivity index (χ1v) is 7.98. The second-order valence-corrected chi connectivity index (χ2v) is 6.01. The number of halogens is 2. The van der Waals surface area contributed by atoms with Crippen LogP contribution in [0.15, 0.2) is 18.5 Å². The van der Waals surface area contributed by atoms with Gasteiger partial charge in [0.1, 0.15) is 11.0 Å². The Morgan fingerprint density at radius 1 is 1.29 bits per heavy atom. The molecular formula is C13H13Cl2N5S. The highest BCUT2D eigenvalue weighted by atomic mass is 35.5. The van der Waals surface area contributed by atoms with Crippen molar-refractivity contribution in [3.63, 3.8) is 0 Å². The van der Waals surface area contributed by atoms with Crippen molar-refractivity contribution in [1.29, 1.82) is 0 Å². The number of nitrogens with zero attached hydrogens (tertiary/aromatic N) is 4. The lowest BCUT2D eigenvalue weighted by Gasteiger charge is -2.15. The molecule has 3 rings (SSSR count). The maximum absolute atomic E-state index is 6.30. The third-order valence-corrected chi connectivity index (χ3v) is 4.40. The predicted molar refractivity (Wildman–Crippen MR) is 87.4 cm³/mol. The molecule has 0 saturated carbocycles. The highest BCUT2D eigenvalue weighted by Crippen LogP contribution is 2.36. The lowest BCUT2D eigenvalue weighted by atomic mass is 10.1. The van der Waals surface area contributed by atoms with Gasteiger partial charge < -0.3 is 5.32 Å². The molecule has 0 bridgehead atoms. The first kappa shape index (κ1) is 14.6. The molecule has 0 aliphatic carbocycles. The van der Waals surface area contributed by atoms with Gasteiger partial charge in [-0.05, 0) is 19.9 Å². The molecule has 110 valence electrons. The van der Waals surface area contributed by atoms with Crippen LogP contribution in [0.2, 0.25) is 10.0 Å². The fraction of sp³-hybridized carbons (Fsp3) is 0.308. The summed E-state index contributed by atoms with van der Waals surface area (Å²) in [4.78, 5) is 0. The SMILES string of the molecule is CCn1cc(C(C)Nc2c(Cl)cc(Cl)c3nsnc23)cn1. The molecule has 21 heavy (non-hydrogen) atoms. The van der Waals surface area contributed by atoms with Crippen LogP contribution in [0.3, 0.4) is 0 Å². The van der Waals surface area contributed by atoms with Crippen LogP contribution in [0, 0.1) is 0 Å². The van der Waals surface area contributed by atoms with Crippen molar-refractivity contribution < 1.29 is 0 Å². The van der Waals surface area contributed by atoms with Crippen molar-refractivity contribution in [2.24, 2.45) is 0 Å². The maximum Gasteiger partial charge on any atom is 0.130 e. The second kappa shape index (κ2) is 5.79. The largest absolute Gasteiger partial charge is 0.375 e. The monoisotopic (exact) mass is 341 g/mol. The number of benzene rings is 1. The van der Waals surface area contributed by atoms with E-state index in [0.29, 0.717) is 21.1 Å². The summed E-state index contributed by atoms with van der Waals surface area (Å²) in [7, 11) is 0. The van der Waals surface area contributed by atoms with Crippen LogP contribution in [0.5, 0.6) is 0 Å². The third kappa shape index (κ3) is 2.71. The van der Waals surface area contributed by atoms with E-state index in [1.165, 1.54) is 0 Å². The Labute approximate surface area is 136 Å². The topological polar surface area (TPSA) is 55.6 Å². The zero-order chi connectivity index (χ0) is 15.0. The van der Waals surface area contributed by atoms with Gasteiger partial charge in [-0.3, -0.25) is 4.68 Å². The average Bonchev–Trinajstić information content (AvgIpc) is 3.11. The molecule has 0 aliphatic rings. The van der Waals surface area contributed by atoms with E-state index in [-0.39, 0.29) is 6.04 Å². The van der Waals surface area contributed by atoms with E-state index in [9.17, 15) is 0 Å². The molecule has 0 aliphatic heterocycles. The van der Waals surface area contributed by atoms with Crippen molar-refractivity contribution >= 4 is 51.7 Å². The number of hydrogen-bond acceptors (Lipinski definition) is 5. The Hall–Kier alpha value is -1.37. The predicted octanol–water partition coefficient (Wildman–Crippen LogP) is 4.39. The van der Waals surface area contributed by atoms with Crippen LogP contribution in [0.1, 0.15) is 25.5 Å². The van der Waals surface area contributed by atoms with Crippen LogP contribution in [-0.4, -0.2) is 18.5 Å². The van der Waals surface area contributed by atoms with E-state index >= 15 is 0 Å². The molecule has 0 saturated heterocycles. The molecule has 1 atom stereocenters.